The fraction of sp³-hybridized carbons (Fsp3) is 0.600. The summed E-state index contributed by atoms with van der Waals surface area (Å²) in [5.41, 5.74) is 1.91. The number of nitro groups is 1. The molecule has 1 saturated heterocycles. The summed E-state index contributed by atoms with van der Waals surface area (Å²) in [6.07, 6.45) is 1.16. The maximum atomic E-state index is 11.1. The molecule has 0 aromatic carbocycles. The lowest BCUT2D eigenvalue weighted by Crippen LogP contribution is -2.43. The monoisotopic (exact) mass is 283 g/mol. The Labute approximate surface area is 115 Å². The molecule has 0 radical (unpaired) electrons. The summed E-state index contributed by atoms with van der Waals surface area (Å²) < 4.78 is 5.57. The van der Waals surface area contributed by atoms with E-state index in [-0.39, 0.29) is 23.4 Å². The first-order chi connectivity index (χ1) is 9.61. The highest BCUT2D eigenvalue weighted by atomic mass is 16.6. The molecule has 2 rings (SSSR count). The molecule has 10 heteroatoms. The molecule has 2 heterocycles. The topological polar surface area (TPSA) is 131 Å². The Hall–Kier alpha value is -2.04. The number of rotatable bonds is 5. The SMILES string of the molecule is CN1CCOC(CNc2ncnc(NN)c2[N+](=O)[O-])C1. The molecule has 110 valence electrons. The summed E-state index contributed by atoms with van der Waals surface area (Å²) in [4.78, 5) is 20.2. The van der Waals surface area contributed by atoms with Crippen LogP contribution in [-0.4, -0.2) is 59.2 Å². The number of hydrogen-bond acceptors (Lipinski definition) is 9. The largest absolute Gasteiger partial charge is 0.374 e. The van der Waals surface area contributed by atoms with Crippen molar-refractivity contribution < 1.29 is 9.66 Å². The molecule has 1 atom stereocenters. The van der Waals surface area contributed by atoms with Crippen molar-refractivity contribution in [2.24, 2.45) is 5.84 Å². The van der Waals surface area contributed by atoms with E-state index in [0.717, 1.165) is 13.1 Å². The van der Waals surface area contributed by atoms with Crippen LogP contribution in [0.3, 0.4) is 0 Å². The minimum Gasteiger partial charge on any atom is -0.374 e. The van der Waals surface area contributed by atoms with Crippen LogP contribution in [-0.2, 0) is 4.74 Å². The molecule has 1 fully saturated rings. The van der Waals surface area contributed by atoms with Crippen molar-refractivity contribution in [3.8, 4) is 0 Å². The summed E-state index contributed by atoms with van der Waals surface area (Å²) in [5, 5.41) is 14.0. The van der Waals surface area contributed by atoms with Gasteiger partial charge in [0.15, 0.2) is 0 Å². The summed E-state index contributed by atoms with van der Waals surface area (Å²) in [6, 6.07) is 0. The van der Waals surface area contributed by atoms with Crippen molar-refractivity contribution in [1.82, 2.24) is 14.9 Å². The molecule has 10 nitrogen and oxygen atoms in total. The lowest BCUT2D eigenvalue weighted by atomic mass is 10.3. The molecule has 0 saturated carbocycles. The first-order valence-electron chi connectivity index (χ1n) is 6.12. The standard InChI is InChI=1S/C10H17N7O3/c1-16-2-3-20-7(5-16)4-12-9-8(17(18)19)10(15-11)14-6-13-9/h6-7H,2-5,11H2,1H3,(H2,12,13,14,15). The Morgan fingerprint density at radius 3 is 3.00 bits per heavy atom. The fourth-order valence-corrected chi connectivity index (χ4v) is 1.99. The minimum absolute atomic E-state index is 0.0332. The Kier molecular flexibility index (Phi) is 4.61. The molecule has 1 aromatic heterocycles. The maximum absolute atomic E-state index is 11.1. The van der Waals surface area contributed by atoms with Crippen LogP contribution in [0, 0.1) is 10.1 Å². The van der Waals surface area contributed by atoms with Crippen molar-refractivity contribution in [1.29, 1.82) is 0 Å². The molecule has 1 unspecified atom stereocenters. The number of ether oxygens (including phenoxy) is 1. The van der Waals surface area contributed by atoms with Crippen LogP contribution in [0.15, 0.2) is 6.33 Å². The number of nitrogen functional groups attached to an aromatic ring is 1. The zero-order valence-corrected chi connectivity index (χ0v) is 11.1. The van der Waals surface area contributed by atoms with Crippen LogP contribution >= 0.6 is 0 Å². The van der Waals surface area contributed by atoms with Crippen LogP contribution < -0.4 is 16.6 Å². The van der Waals surface area contributed by atoms with Gasteiger partial charge in [-0.15, -0.1) is 0 Å². The van der Waals surface area contributed by atoms with Crippen molar-refractivity contribution in [3.05, 3.63) is 16.4 Å². The third-order valence-electron chi connectivity index (χ3n) is 2.98. The van der Waals surface area contributed by atoms with Gasteiger partial charge in [-0.1, -0.05) is 0 Å². The van der Waals surface area contributed by atoms with Crippen LogP contribution in [0.1, 0.15) is 0 Å². The zero-order chi connectivity index (χ0) is 14.5. The second kappa shape index (κ2) is 6.41. The Balaban J connectivity index is 2.07. The minimum atomic E-state index is -0.578. The molecule has 4 N–H and O–H groups in total. The van der Waals surface area contributed by atoms with E-state index < -0.39 is 4.92 Å². The Morgan fingerprint density at radius 2 is 2.35 bits per heavy atom. The van der Waals surface area contributed by atoms with Crippen molar-refractivity contribution in [2.75, 3.05) is 44.0 Å². The second-order valence-electron chi connectivity index (χ2n) is 4.46. The number of anilines is 2. The van der Waals surface area contributed by atoms with Crippen LogP contribution in [0.4, 0.5) is 17.3 Å². The van der Waals surface area contributed by atoms with Crippen molar-refractivity contribution >= 4 is 17.3 Å². The van der Waals surface area contributed by atoms with Gasteiger partial charge in [0, 0.05) is 19.6 Å². The number of nitrogens with one attached hydrogen (secondary N) is 2. The third-order valence-corrected chi connectivity index (χ3v) is 2.98. The lowest BCUT2D eigenvalue weighted by molar-refractivity contribution is -0.383. The van der Waals surface area contributed by atoms with E-state index in [4.69, 9.17) is 10.6 Å². The van der Waals surface area contributed by atoms with Gasteiger partial charge in [0.2, 0.25) is 11.6 Å². The van der Waals surface area contributed by atoms with Gasteiger partial charge < -0.3 is 20.4 Å². The van der Waals surface area contributed by atoms with Gasteiger partial charge in [0.25, 0.3) is 0 Å². The molecular formula is C10H17N7O3. The highest BCUT2D eigenvalue weighted by molar-refractivity contribution is 5.68. The molecule has 0 bridgehead atoms. The molecule has 1 aliphatic rings. The third kappa shape index (κ3) is 3.29. The van der Waals surface area contributed by atoms with Gasteiger partial charge in [-0.25, -0.2) is 15.8 Å². The van der Waals surface area contributed by atoms with Gasteiger partial charge in [-0.2, -0.15) is 0 Å². The number of likely N-dealkylation sites (N-methyl/N-ethyl adjacent to an activating group) is 1. The molecule has 1 aliphatic heterocycles. The van der Waals surface area contributed by atoms with Crippen molar-refractivity contribution in [2.45, 2.75) is 6.10 Å². The highest BCUT2D eigenvalue weighted by Gasteiger charge is 2.24. The zero-order valence-electron chi connectivity index (χ0n) is 11.1. The first-order valence-corrected chi connectivity index (χ1v) is 6.12. The summed E-state index contributed by atoms with van der Waals surface area (Å²) in [5.74, 6) is 5.30. The number of hydrogen-bond donors (Lipinski definition) is 3. The molecule has 0 spiro atoms. The van der Waals surface area contributed by atoms with E-state index in [1.807, 2.05) is 7.05 Å². The van der Waals surface area contributed by atoms with Crippen LogP contribution in [0.25, 0.3) is 0 Å². The van der Waals surface area contributed by atoms with Gasteiger partial charge in [0.05, 0.1) is 17.6 Å². The number of aromatic nitrogens is 2. The fourth-order valence-electron chi connectivity index (χ4n) is 1.99. The van der Waals surface area contributed by atoms with Crippen molar-refractivity contribution in [3.63, 3.8) is 0 Å². The van der Waals surface area contributed by atoms with E-state index in [0.29, 0.717) is 13.2 Å². The summed E-state index contributed by atoms with van der Waals surface area (Å²) in [7, 11) is 2.00. The predicted molar refractivity (Wildman–Crippen MR) is 72.2 cm³/mol. The lowest BCUT2D eigenvalue weighted by Gasteiger charge is -2.30. The molecule has 0 aliphatic carbocycles. The number of nitrogens with zero attached hydrogens (tertiary/aromatic N) is 4. The Bertz CT molecular complexity index is 484. The van der Waals surface area contributed by atoms with E-state index in [1.165, 1.54) is 6.33 Å². The van der Waals surface area contributed by atoms with Crippen LogP contribution in [0.5, 0.6) is 0 Å². The maximum Gasteiger partial charge on any atom is 0.354 e. The average molecular weight is 283 g/mol. The average Bonchev–Trinajstić information content (AvgIpc) is 2.44. The smallest absolute Gasteiger partial charge is 0.354 e. The van der Waals surface area contributed by atoms with Gasteiger partial charge >= 0.3 is 5.69 Å². The Morgan fingerprint density at radius 1 is 1.60 bits per heavy atom. The van der Waals surface area contributed by atoms with E-state index in [2.05, 4.69) is 25.6 Å². The number of morpholine rings is 1. The molecule has 20 heavy (non-hydrogen) atoms. The van der Waals surface area contributed by atoms with Crippen LogP contribution in [0.2, 0.25) is 0 Å². The van der Waals surface area contributed by atoms with Gasteiger partial charge in [-0.3, -0.25) is 10.1 Å². The van der Waals surface area contributed by atoms with E-state index in [1.54, 1.807) is 0 Å². The quantitative estimate of drug-likeness (QED) is 0.368. The van der Waals surface area contributed by atoms with E-state index >= 15 is 0 Å². The number of nitrogens with two attached hydrogens (primary N) is 1. The van der Waals surface area contributed by atoms with E-state index in [9.17, 15) is 10.1 Å². The number of hydrazine groups is 1. The molecule has 1 aromatic rings. The second-order valence-corrected chi connectivity index (χ2v) is 4.46. The summed E-state index contributed by atoms with van der Waals surface area (Å²) >= 11 is 0. The highest BCUT2D eigenvalue weighted by Crippen LogP contribution is 2.27. The molecular weight excluding hydrogens is 266 g/mol. The first kappa shape index (κ1) is 14.4. The van der Waals surface area contributed by atoms with Gasteiger partial charge in [-0.05, 0) is 7.05 Å². The van der Waals surface area contributed by atoms with Gasteiger partial charge in [0.1, 0.15) is 6.33 Å². The summed E-state index contributed by atoms with van der Waals surface area (Å²) in [6.45, 7) is 2.70. The normalized spacial score (nSPS) is 19.6. The predicted octanol–water partition coefficient (Wildman–Crippen LogP) is -0.587. The molecule has 0 amide bonds.